The second-order valence-electron chi connectivity index (χ2n) is 6.67. The molecule has 0 bridgehead atoms. The highest BCUT2D eigenvalue weighted by atomic mass is 16.1. The Bertz CT molecular complexity index is 476. The molecule has 1 aromatic rings. The third-order valence-corrected chi connectivity index (χ3v) is 4.43. The maximum Gasteiger partial charge on any atom is 0.222 e. The number of piperazine rings is 1. The highest BCUT2D eigenvalue weighted by Gasteiger charge is 2.24. The molecule has 0 saturated carbocycles. The highest BCUT2D eigenvalue weighted by molar-refractivity contribution is 5.77. The molecule has 1 saturated heterocycles. The Hall–Kier alpha value is -1.39. The largest absolute Gasteiger partial charge is 0.354 e. The number of carbonyl (C=O) groups excluding carboxylic acids is 1. The van der Waals surface area contributed by atoms with E-state index in [1.165, 1.54) is 11.1 Å². The van der Waals surface area contributed by atoms with E-state index in [1.54, 1.807) is 0 Å². The zero-order chi connectivity index (χ0) is 16.1. The number of rotatable bonds is 5. The summed E-state index contributed by atoms with van der Waals surface area (Å²) in [5.74, 6) is 0.164. The predicted octanol–water partition coefficient (Wildman–Crippen LogP) is 2.06. The third kappa shape index (κ3) is 4.55. The van der Waals surface area contributed by atoms with Gasteiger partial charge in [0, 0.05) is 38.6 Å². The lowest BCUT2D eigenvalue weighted by molar-refractivity contribution is -0.124. The van der Waals surface area contributed by atoms with Crippen LogP contribution in [-0.4, -0.2) is 55.5 Å². The molecule has 4 heteroatoms. The maximum atomic E-state index is 11.9. The van der Waals surface area contributed by atoms with Crippen LogP contribution >= 0.6 is 0 Å². The number of hydrogen-bond acceptors (Lipinski definition) is 3. The molecule has 0 aliphatic carbocycles. The van der Waals surface area contributed by atoms with E-state index in [1.807, 2.05) is 13.8 Å². The quantitative estimate of drug-likeness (QED) is 0.904. The number of amides is 1. The van der Waals surface area contributed by atoms with E-state index in [0.29, 0.717) is 6.54 Å². The Balaban J connectivity index is 2.09. The lowest BCUT2D eigenvalue weighted by Gasteiger charge is -2.38. The van der Waals surface area contributed by atoms with E-state index in [-0.39, 0.29) is 17.9 Å². The van der Waals surface area contributed by atoms with Gasteiger partial charge in [0.1, 0.15) is 0 Å². The lowest BCUT2D eigenvalue weighted by atomic mass is 10.0. The Morgan fingerprint density at radius 1 is 1.14 bits per heavy atom. The normalized spacial score (nSPS) is 18.4. The van der Waals surface area contributed by atoms with E-state index < -0.39 is 0 Å². The number of nitrogens with zero attached hydrogens (tertiary/aromatic N) is 2. The number of carbonyl (C=O) groups is 1. The van der Waals surface area contributed by atoms with E-state index in [0.717, 1.165) is 26.2 Å². The molecule has 22 heavy (non-hydrogen) atoms. The highest BCUT2D eigenvalue weighted by Crippen LogP contribution is 2.22. The molecule has 1 fully saturated rings. The van der Waals surface area contributed by atoms with Gasteiger partial charge in [0.25, 0.3) is 0 Å². The van der Waals surface area contributed by atoms with E-state index in [4.69, 9.17) is 0 Å². The van der Waals surface area contributed by atoms with Crippen LogP contribution in [0.3, 0.4) is 0 Å². The zero-order valence-corrected chi connectivity index (χ0v) is 14.3. The molecule has 1 atom stereocenters. The SMILES string of the molecule is Cc1ccc([C@@H](CNC(=O)C(C)C)N2CCN(C)CC2)cc1. The number of hydrogen-bond donors (Lipinski definition) is 1. The van der Waals surface area contributed by atoms with Gasteiger partial charge < -0.3 is 10.2 Å². The van der Waals surface area contributed by atoms with Crippen molar-refractivity contribution in [2.75, 3.05) is 39.8 Å². The summed E-state index contributed by atoms with van der Waals surface area (Å²) < 4.78 is 0. The first kappa shape index (κ1) is 17.0. The number of likely N-dealkylation sites (N-methyl/N-ethyl adjacent to an activating group) is 1. The Morgan fingerprint density at radius 3 is 2.27 bits per heavy atom. The van der Waals surface area contributed by atoms with Crippen molar-refractivity contribution in [2.45, 2.75) is 26.8 Å². The molecule has 4 nitrogen and oxygen atoms in total. The molecule has 0 radical (unpaired) electrons. The summed E-state index contributed by atoms with van der Waals surface area (Å²) >= 11 is 0. The molecule has 1 aliphatic rings. The molecule has 122 valence electrons. The van der Waals surface area contributed by atoms with Gasteiger partial charge in [-0.15, -0.1) is 0 Å². The standard InChI is InChI=1S/C18H29N3O/c1-14(2)18(22)19-13-17(16-7-5-15(3)6-8-16)21-11-9-20(4)10-12-21/h5-8,14,17H,9-13H2,1-4H3,(H,19,22)/t17-/m1/s1. The minimum atomic E-state index is 0.0335. The Morgan fingerprint density at radius 2 is 1.73 bits per heavy atom. The Labute approximate surface area is 134 Å². The summed E-state index contributed by atoms with van der Waals surface area (Å²) in [5, 5.41) is 3.11. The van der Waals surface area contributed by atoms with Crippen LogP contribution in [0, 0.1) is 12.8 Å². The average Bonchev–Trinajstić information content (AvgIpc) is 2.50. The van der Waals surface area contributed by atoms with Gasteiger partial charge in [-0.25, -0.2) is 0 Å². The second-order valence-corrected chi connectivity index (χ2v) is 6.67. The van der Waals surface area contributed by atoms with Crippen LogP contribution in [0.1, 0.15) is 31.0 Å². The van der Waals surface area contributed by atoms with E-state index >= 15 is 0 Å². The van der Waals surface area contributed by atoms with Crippen molar-refractivity contribution in [1.82, 2.24) is 15.1 Å². The van der Waals surface area contributed by atoms with Gasteiger partial charge in [0.15, 0.2) is 0 Å². The molecule has 1 heterocycles. The first-order valence-electron chi connectivity index (χ1n) is 8.24. The molecule has 1 N–H and O–H groups in total. The van der Waals surface area contributed by atoms with Crippen molar-refractivity contribution in [3.63, 3.8) is 0 Å². The zero-order valence-electron chi connectivity index (χ0n) is 14.3. The van der Waals surface area contributed by atoms with Gasteiger partial charge in [-0.3, -0.25) is 9.69 Å². The molecule has 0 unspecified atom stereocenters. The number of benzene rings is 1. The van der Waals surface area contributed by atoms with Gasteiger partial charge in [0.2, 0.25) is 5.91 Å². The first-order valence-corrected chi connectivity index (χ1v) is 8.24. The third-order valence-electron chi connectivity index (χ3n) is 4.43. The van der Waals surface area contributed by atoms with Gasteiger partial charge in [-0.2, -0.15) is 0 Å². The van der Waals surface area contributed by atoms with Crippen LogP contribution in [0.5, 0.6) is 0 Å². The molecule has 0 spiro atoms. The average molecular weight is 303 g/mol. The summed E-state index contributed by atoms with van der Waals surface area (Å²) in [6, 6.07) is 8.96. The van der Waals surface area contributed by atoms with E-state index in [9.17, 15) is 4.79 Å². The van der Waals surface area contributed by atoms with E-state index in [2.05, 4.69) is 53.4 Å². The van der Waals surface area contributed by atoms with Crippen LogP contribution in [0.2, 0.25) is 0 Å². The monoisotopic (exact) mass is 303 g/mol. The fraction of sp³-hybridized carbons (Fsp3) is 0.611. The summed E-state index contributed by atoms with van der Waals surface area (Å²) in [5.41, 5.74) is 2.56. The van der Waals surface area contributed by atoms with Crippen molar-refractivity contribution < 1.29 is 4.79 Å². The van der Waals surface area contributed by atoms with Crippen molar-refractivity contribution in [1.29, 1.82) is 0 Å². The predicted molar refractivity (Wildman–Crippen MR) is 90.8 cm³/mol. The minimum Gasteiger partial charge on any atom is -0.354 e. The first-order chi connectivity index (χ1) is 10.5. The fourth-order valence-corrected chi connectivity index (χ4v) is 2.78. The summed E-state index contributed by atoms with van der Waals surface area (Å²) in [6.07, 6.45) is 0. The molecule has 0 aromatic heterocycles. The van der Waals surface area contributed by atoms with Crippen LogP contribution in [-0.2, 0) is 4.79 Å². The van der Waals surface area contributed by atoms with Gasteiger partial charge >= 0.3 is 0 Å². The summed E-state index contributed by atoms with van der Waals surface area (Å²) in [6.45, 7) is 10.9. The van der Waals surface area contributed by atoms with Crippen LogP contribution < -0.4 is 5.32 Å². The van der Waals surface area contributed by atoms with Gasteiger partial charge in [-0.05, 0) is 19.5 Å². The molecule has 1 aromatic carbocycles. The smallest absolute Gasteiger partial charge is 0.222 e. The lowest BCUT2D eigenvalue weighted by Crippen LogP contribution is -2.48. The minimum absolute atomic E-state index is 0.0335. The van der Waals surface area contributed by atoms with Crippen LogP contribution in [0.25, 0.3) is 0 Å². The molecular formula is C18H29N3O. The van der Waals surface area contributed by atoms with Crippen molar-refractivity contribution >= 4 is 5.91 Å². The Kier molecular flexibility index (Phi) is 5.98. The molecule has 1 amide bonds. The molecular weight excluding hydrogens is 274 g/mol. The maximum absolute atomic E-state index is 11.9. The fourth-order valence-electron chi connectivity index (χ4n) is 2.78. The van der Waals surface area contributed by atoms with Crippen molar-refractivity contribution in [3.8, 4) is 0 Å². The van der Waals surface area contributed by atoms with Crippen molar-refractivity contribution in [2.24, 2.45) is 5.92 Å². The summed E-state index contributed by atoms with van der Waals surface area (Å²) in [7, 11) is 2.17. The molecule has 1 aliphatic heterocycles. The topological polar surface area (TPSA) is 35.6 Å². The molecule has 2 rings (SSSR count). The van der Waals surface area contributed by atoms with Crippen molar-refractivity contribution in [3.05, 3.63) is 35.4 Å². The van der Waals surface area contributed by atoms with Crippen LogP contribution in [0.4, 0.5) is 0 Å². The number of aryl methyl sites for hydroxylation is 1. The summed E-state index contributed by atoms with van der Waals surface area (Å²) in [4.78, 5) is 16.8. The van der Waals surface area contributed by atoms with Gasteiger partial charge in [-0.1, -0.05) is 43.7 Å². The van der Waals surface area contributed by atoms with Gasteiger partial charge in [0.05, 0.1) is 6.04 Å². The number of nitrogens with one attached hydrogen (secondary N) is 1. The second kappa shape index (κ2) is 7.75. The van der Waals surface area contributed by atoms with Crippen LogP contribution in [0.15, 0.2) is 24.3 Å².